The molecule has 17 heavy (non-hydrogen) atoms. The fourth-order valence-corrected chi connectivity index (χ4v) is 1.76. The van der Waals surface area contributed by atoms with Crippen molar-refractivity contribution < 1.29 is 4.79 Å². The molecule has 0 spiro atoms. The molecule has 0 aliphatic rings. The minimum Gasteiger partial charge on any atom is -0.349 e. The van der Waals surface area contributed by atoms with Crippen LogP contribution >= 0.6 is 0 Å². The molecule has 0 aliphatic carbocycles. The molecule has 1 atom stereocenters. The first kappa shape index (κ1) is 13.7. The lowest BCUT2D eigenvalue weighted by atomic mass is 9.94. The quantitative estimate of drug-likeness (QED) is 0.844. The Balaban J connectivity index is 2.75. The molecule has 1 unspecified atom stereocenters. The molecule has 0 heterocycles. The Hall–Kier alpha value is -1.35. The van der Waals surface area contributed by atoms with E-state index >= 15 is 0 Å². The van der Waals surface area contributed by atoms with Gasteiger partial charge in [0.25, 0.3) is 0 Å². The third-order valence-corrected chi connectivity index (χ3v) is 3.06. The van der Waals surface area contributed by atoms with Crippen molar-refractivity contribution in [1.29, 1.82) is 0 Å². The molecule has 0 fully saturated rings. The standard InChI is InChI=1S/C14H22N2O/c1-4-11-5-7-12(8-6-11)13(10-15)9-14(17)16(2)3/h5-8,13H,4,9-10,15H2,1-3H3. The van der Waals surface area contributed by atoms with Crippen molar-refractivity contribution in [1.82, 2.24) is 4.90 Å². The van der Waals surface area contributed by atoms with E-state index in [0.717, 1.165) is 12.0 Å². The number of rotatable bonds is 5. The van der Waals surface area contributed by atoms with E-state index in [9.17, 15) is 4.79 Å². The molecule has 0 saturated carbocycles. The zero-order valence-electron chi connectivity index (χ0n) is 10.9. The number of hydrogen-bond acceptors (Lipinski definition) is 2. The molecule has 1 amide bonds. The molecule has 1 aromatic rings. The first-order chi connectivity index (χ1) is 8.08. The maximum Gasteiger partial charge on any atom is 0.222 e. The van der Waals surface area contributed by atoms with Gasteiger partial charge in [-0.25, -0.2) is 0 Å². The number of aryl methyl sites for hydroxylation is 1. The molecule has 94 valence electrons. The lowest BCUT2D eigenvalue weighted by Crippen LogP contribution is -2.26. The van der Waals surface area contributed by atoms with E-state index < -0.39 is 0 Å². The van der Waals surface area contributed by atoms with Gasteiger partial charge in [0.15, 0.2) is 0 Å². The smallest absolute Gasteiger partial charge is 0.222 e. The molecule has 2 N–H and O–H groups in total. The highest BCUT2D eigenvalue weighted by molar-refractivity contribution is 5.76. The second-order valence-corrected chi connectivity index (χ2v) is 4.52. The average molecular weight is 234 g/mol. The van der Waals surface area contributed by atoms with Gasteiger partial charge in [-0.2, -0.15) is 0 Å². The predicted octanol–water partition coefficient (Wildman–Crippen LogP) is 1.77. The lowest BCUT2D eigenvalue weighted by molar-refractivity contribution is -0.129. The minimum atomic E-state index is 0.121. The summed E-state index contributed by atoms with van der Waals surface area (Å²) in [6, 6.07) is 8.38. The fraction of sp³-hybridized carbons (Fsp3) is 0.500. The van der Waals surface area contributed by atoms with Gasteiger partial charge in [0.2, 0.25) is 5.91 Å². The highest BCUT2D eigenvalue weighted by atomic mass is 16.2. The molecule has 0 bridgehead atoms. The van der Waals surface area contributed by atoms with Crippen LogP contribution in [0.2, 0.25) is 0 Å². The Morgan fingerprint density at radius 1 is 1.29 bits per heavy atom. The summed E-state index contributed by atoms with van der Waals surface area (Å²) in [6.07, 6.45) is 1.51. The molecule has 0 saturated heterocycles. The summed E-state index contributed by atoms with van der Waals surface area (Å²) in [5.41, 5.74) is 8.21. The zero-order valence-corrected chi connectivity index (χ0v) is 10.9. The van der Waals surface area contributed by atoms with Crippen molar-refractivity contribution in [2.24, 2.45) is 5.73 Å². The highest BCUT2D eigenvalue weighted by Crippen LogP contribution is 2.20. The maximum absolute atomic E-state index is 11.7. The van der Waals surface area contributed by atoms with Crippen LogP contribution in [0.15, 0.2) is 24.3 Å². The summed E-state index contributed by atoms with van der Waals surface area (Å²) in [6.45, 7) is 2.63. The second-order valence-electron chi connectivity index (χ2n) is 4.52. The van der Waals surface area contributed by atoms with E-state index in [0.29, 0.717) is 13.0 Å². The zero-order chi connectivity index (χ0) is 12.8. The summed E-state index contributed by atoms with van der Waals surface area (Å²) in [5.74, 6) is 0.246. The molecular weight excluding hydrogens is 212 g/mol. The average Bonchev–Trinajstić information content (AvgIpc) is 2.35. The van der Waals surface area contributed by atoms with Gasteiger partial charge in [-0.15, -0.1) is 0 Å². The van der Waals surface area contributed by atoms with E-state index in [-0.39, 0.29) is 11.8 Å². The van der Waals surface area contributed by atoms with Crippen LogP contribution in [0.3, 0.4) is 0 Å². The normalized spacial score (nSPS) is 12.2. The van der Waals surface area contributed by atoms with E-state index in [1.54, 1.807) is 19.0 Å². The van der Waals surface area contributed by atoms with Crippen molar-refractivity contribution in [2.45, 2.75) is 25.7 Å². The summed E-state index contributed by atoms with van der Waals surface area (Å²) in [7, 11) is 3.55. The van der Waals surface area contributed by atoms with Crippen molar-refractivity contribution in [3.8, 4) is 0 Å². The van der Waals surface area contributed by atoms with Gasteiger partial charge >= 0.3 is 0 Å². The van der Waals surface area contributed by atoms with Crippen LogP contribution in [0.1, 0.15) is 30.4 Å². The Morgan fingerprint density at radius 3 is 2.29 bits per heavy atom. The number of nitrogens with zero attached hydrogens (tertiary/aromatic N) is 1. The van der Waals surface area contributed by atoms with Crippen molar-refractivity contribution >= 4 is 5.91 Å². The molecule has 3 nitrogen and oxygen atoms in total. The van der Waals surface area contributed by atoms with Crippen LogP contribution < -0.4 is 5.73 Å². The number of hydrogen-bond donors (Lipinski definition) is 1. The summed E-state index contributed by atoms with van der Waals surface area (Å²) in [5, 5.41) is 0. The van der Waals surface area contributed by atoms with Gasteiger partial charge in [0.1, 0.15) is 0 Å². The molecule has 3 heteroatoms. The molecule has 0 aliphatic heterocycles. The molecule has 1 rings (SSSR count). The number of carbonyl (C=O) groups excluding carboxylic acids is 1. The van der Waals surface area contributed by atoms with Crippen LogP contribution in [0, 0.1) is 0 Å². The summed E-state index contributed by atoms with van der Waals surface area (Å²) >= 11 is 0. The van der Waals surface area contributed by atoms with Gasteiger partial charge in [-0.3, -0.25) is 4.79 Å². The third kappa shape index (κ3) is 3.86. The highest BCUT2D eigenvalue weighted by Gasteiger charge is 2.15. The maximum atomic E-state index is 11.7. The van der Waals surface area contributed by atoms with Crippen molar-refractivity contribution in [2.75, 3.05) is 20.6 Å². The number of carbonyl (C=O) groups is 1. The van der Waals surface area contributed by atoms with Gasteiger partial charge in [-0.05, 0) is 24.1 Å². The Bertz CT molecular complexity index is 357. The topological polar surface area (TPSA) is 46.3 Å². The first-order valence-electron chi connectivity index (χ1n) is 6.07. The molecule has 1 aromatic carbocycles. The van der Waals surface area contributed by atoms with Crippen LogP contribution in [0.5, 0.6) is 0 Å². The number of benzene rings is 1. The Morgan fingerprint density at radius 2 is 1.88 bits per heavy atom. The Labute approximate surface area is 104 Å². The van der Waals surface area contributed by atoms with Gasteiger partial charge in [0.05, 0.1) is 0 Å². The van der Waals surface area contributed by atoms with E-state index in [1.165, 1.54) is 5.56 Å². The summed E-state index contributed by atoms with van der Waals surface area (Å²) < 4.78 is 0. The second kappa shape index (κ2) is 6.40. The fourth-order valence-electron chi connectivity index (χ4n) is 1.76. The van der Waals surface area contributed by atoms with Gasteiger partial charge in [-0.1, -0.05) is 31.2 Å². The van der Waals surface area contributed by atoms with Crippen LogP contribution in [-0.4, -0.2) is 31.4 Å². The van der Waals surface area contributed by atoms with Crippen LogP contribution in [-0.2, 0) is 11.2 Å². The largest absolute Gasteiger partial charge is 0.349 e. The van der Waals surface area contributed by atoms with Gasteiger partial charge < -0.3 is 10.6 Å². The third-order valence-electron chi connectivity index (χ3n) is 3.06. The van der Waals surface area contributed by atoms with Crippen molar-refractivity contribution in [3.05, 3.63) is 35.4 Å². The van der Waals surface area contributed by atoms with E-state index in [1.807, 2.05) is 0 Å². The molecular formula is C14H22N2O. The summed E-state index contributed by atoms with van der Waals surface area (Å²) in [4.78, 5) is 13.3. The first-order valence-corrected chi connectivity index (χ1v) is 6.07. The number of nitrogens with two attached hydrogens (primary N) is 1. The Kier molecular flexibility index (Phi) is 5.16. The van der Waals surface area contributed by atoms with Gasteiger partial charge in [0, 0.05) is 26.4 Å². The van der Waals surface area contributed by atoms with E-state index in [2.05, 4.69) is 31.2 Å². The lowest BCUT2D eigenvalue weighted by Gasteiger charge is -2.18. The SMILES string of the molecule is CCc1ccc(C(CN)CC(=O)N(C)C)cc1. The molecule has 0 aromatic heterocycles. The monoisotopic (exact) mass is 234 g/mol. The van der Waals surface area contributed by atoms with Crippen molar-refractivity contribution in [3.63, 3.8) is 0 Å². The van der Waals surface area contributed by atoms with Crippen LogP contribution in [0.25, 0.3) is 0 Å². The minimum absolute atomic E-state index is 0.121. The van der Waals surface area contributed by atoms with Crippen LogP contribution in [0.4, 0.5) is 0 Å². The number of amides is 1. The molecule has 0 radical (unpaired) electrons. The predicted molar refractivity (Wildman–Crippen MR) is 70.9 cm³/mol. The van der Waals surface area contributed by atoms with E-state index in [4.69, 9.17) is 5.73 Å².